The molecule has 40 heavy (non-hydrogen) atoms. The number of amides is 1. The van der Waals surface area contributed by atoms with Crippen molar-refractivity contribution in [3.8, 4) is 28.0 Å². The highest BCUT2D eigenvalue weighted by molar-refractivity contribution is 7.14. The van der Waals surface area contributed by atoms with E-state index in [0.29, 0.717) is 5.56 Å². The average molecular weight is 559 g/mol. The number of nitrogens with one attached hydrogen (secondary N) is 1. The Labute approximate surface area is 237 Å². The number of carboxylic acid groups (broad SMARTS) is 1. The third-order valence-electron chi connectivity index (χ3n) is 7.25. The summed E-state index contributed by atoms with van der Waals surface area (Å²) < 4.78 is 1.78. The monoisotopic (exact) mass is 558 g/mol. The van der Waals surface area contributed by atoms with Gasteiger partial charge in [0.25, 0.3) is 0 Å². The highest BCUT2D eigenvalue weighted by atomic mass is 32.1. The van der Waals surface area contributed by atoms with E-state index in [1.807, 2.05) is 45.2 Å². The average Bonchev–Trinajstić information content (AvgIpc) is 3.55. The molecule has 1 aliphatic carbocycles. The fourth-order valence-corrected chi connectivity index (χ4v) is 6.57. The lowest BCUT2D eigenvalue weighted by molar-refractivity contribution is 0.0546. The zero-order valence-corrected chi connectivity index (χ0v) is 24.2. The molecule has 0 bridgehead atoms. The van der Waals surface area contributed by atoms with Crippen LogP contribution < -0.4 is 5.32 Å². The molecule has 0 aliphatic heterocycles. The van der Waals surface area contributed by atoms with Crippen molar-refractivity contribution >= 4 is 28.6 Å². The summed E-state index contributed by atoms with van der Waals surface area (Å²) >= 11 is 1.58. The van der Waals surface area contributed by atoms with Gasteiger partial charge in [-0.15, -0.1) is 10.2 Å². The van der Waals surface area contributed by atoms with Gasteiger partial charge in [0.1, 0.15) is 11.1 Å². The van der Waals surface area contributed by atoms with Gasteiger partial charge in [0.15, 0.2) is 5.01 Å². The second-order valence-electron chi connectivity index (χ2n) is 11.6. The van der Waals surface area contributed by atoms with Crippen molar-refractivity contribution in [2.45, 2.75) is 83.8 Å². The molecule has 4 aromatic rings. The predicted octanol–water partition coefficient (Wildman–Crippen LogP) is 6.41. The van der Waals surface area contributed by atoms with E-state index in [1.54, 1.807) is 33.0 Å². The van der Waals surface area contributed by atoms with Gasteiger partial charge < -0.3 is 15.3 Å². The van der Waals surface area contributed by atoms with E-state index in [1.165, 1.54) is 0 Å². The summed E-state index contributed by atoms with van der Waals surface area (Å²) in [5, 5.41) is 37.9. The van der Waals surface area contributed by atoms with Crippen LogP contribution in [0.4, 0.5) is 10.5 Å². The van der Waals surface area contributed by atoms with Crippen LogP contribution in [0.15, 0.2) is 36.7 Å². The number of nitrogens with zero attached hydrogens (tertiary/aromatic N) is 7. The number of rotatable bonds is 6. The fraction of sp³-hybridized carbons (Fsp3) is 0.448. The van der Waals surface area contributed by atoms with Crippen LogP contribution in [0.2, 0.25) is 0 Å². The Morgan fingerprint density at radius 3 is 2.58 bits per heavy atom. The first kappa shape index (κ1) is 27.5. The molecule has 1 saturated carbocycles. The number of pyridine rings is 1. The number of hydrogen-bond acceptors (Lipinski definition) is 8. The summed E-state index contributed by atoms with van der Waals surface area (Å²) in [7, 11) is 0. The molecular weight excluding hydrogens is 524 g/mol. The van der Waals surface area contributed by atoms with Crippen LogP contribution in [0.5, 0.6) is 0 Å². The van der Waals surface area contributed by atoms with E-state index in [2.05, 4.69) is 40.5 Å². The predicted molar refractivity (Wildman–Crippen MR) is 155 cm³/mol. The molecule has 208 valence electrons. The van der Waals surface area contributed by atoms with Crippen molar-refractivity contribution < 1.29 is 9.90 Å². The molecule has 1 amide bonds. The van der Waals surface area contributed by atoms with Crippen molar-refractivity contribution in [3.05, 3.63) is 47.2 Å². The molecular formula is C29H34N8O2S. The molecule has 4 aromatic heterocycles. The van der Waals surface area contributed by atoms with Gasteiger partial charge in [-0.1, -0.05) is 11.3 Å². The quantitative estimate of drug-likeness (QED) is 0.277. The Bertz CT molecular complexity index is 1570. The Morgan fingerprint density at radius 1 is 1.18 bits per heavy atom. The molecule has 0 spiro atoms. The van der Waals surface area contributed by atoms with E-state index < -0.39 is 11.6 Å². The molecule has 0 saturated heterocycles. The van der Waals surface area contributed by atoms with E-state index in [9.17, 15) is 15.2 Å². The number of nitriles is 1. The second kappa shape index (κ2) is 10.8. The minimum atomic E-state index is -0.855. The fourth-order valence-electron chi connectivity index (χ4n) is 5.53. The lowest BCUT2D eigenvalue weighted by atomic mass is 9.84. The Hall–Kier alpha value is -4.04. The molecule has 0 radical (unpaired) electrons. The van der Waals surface area contributed by atoms with E-state index >= 15 is 0 Å². The number of carbonyl (C=O) groups is 1. The van der Waals surface area contributed by atoms with Gasteiger partial charge in [-0.3, -0.25) is 4.98 Å². The van der Waals surface area contributed by atoms with Crippen LogP contribution in [0.3, 0.4) is 0 Å². The number of hydrogen-bond donors (Lipinski definition) is 2. The normalized spacial score (nSPS) is 17.6. The zero-order chi connectivity index (χ0) is 28.6. The minimum absolute atomic E-state index is 0.0193. The lowest BCUT2D eigenvalue weighted by Crippen LogP contribution is -2.52. The van der Waals surface area contributed by atoms with Crippen LogP contribution in [0, 0.1) is 11.3 Å². The summed E-state index contributed by atoms with van der Waals surface area (Å²) in [6.45, 7) is 10.0. The molecule has 0 atom stereocenters. The maximum absolute atomic E-state index is 11.9. The lowest BCUT2D eigenvalue weighted by Gasteiger charge is -2.42. The highest BCUT2D eigenvalue weighted by Crippen LogP contribution is 2.40. The maximum Gasteiger partial charge on any atom is 0.407 e. The Kier molecular flexibility index (Phi) is 7.47. The van der Waals surface area contributed by atoms with Crippen LogP contribution in [0.1, 0.15) is 76.8 Å². The van der Waals surface area contributed by atoms with Crippen molar-refractivity contribution in [1.29, 1.82) is 5.26 Å². The molecule has 2 N–H and O–H groups in total. The van der Waals surface area contributed by atoms with Gasteiger partial charge in [-0.25, -0.2) is 9.31 Å². The van der Waals surface area contributed by atoms with Crippen molar-refractivity contribution in [3.63, 3.8) is 0 Å². The first-order valence-corrected chi connectivity index (χ1v) is 14.4. The number of fused-ring (bicyclic) bond motifs is 1. The summed E-state index contributed by atoms with van der Waals surface area (Å²) in [5.41, 5.74) is 4.30. The van der Waals surface area contributed by atoms with Crippen LogP contribution >= 0.6 is 11.3 Å². The number of aromatic nitrogens is 5. The molecule has 10 nitrogen and oxygen atoms in total. The van der Waals surface area contributed by atoms with Crippen LogP contribution in [0.25, 0.3) is 27.5 Å². The SMILES string of the molecule is CC(C)Nc1cc(-c2ccc3cc(C#N)cnn23)ncc1-c1nnc(C2CCC(N(C(=O)O)C(C)(C)C)CC2)s1. The molecule has 0 aromatic carbocycles. The standard InChI is InChI=1S/C29H34N8O2S/c1-17(2)33-23-13-24(25-11-10-21-12-18(14-30)15-32-37(21)25)31-16-22(23)27-35-34-26(40-27)19-6-8-20(9-7-19)36(28(38)39)29(3,4)5/h10-13,15-17,19-20H,6-9H2,1-5H3,(H,31,33)(H,38,39). The van der Waals surface area contributed by atoms with Gasteiger partial charge in [-0.2, -0.15) is 10.4 Å². The van der Waals surface area contributed by atoms with E-state index in [0.717, 1.165) is 63.9 Å². The summed E-state index contributed by atoms with van der Waals surface area (Å²) in [6.07, 6.45) is 5.93. The van der Waals surface area contributed by atoms with Crippen molar-refractivity contribution in [2.24, 2.45) is 0 Å². The topological polar surface area (TPSA) is 132 Å². The largest absolute Gasteiger partial charge is 0.465 e. The first-order valence-electron chi connectivity index (χ1n) is 13.6. The zero-order valence-electron chi connectivity index (χ0n) is 23.4. The van der Waals surface area contributed by atoms with E-state index in [4.69, 9.17) is 4.98 Å². The maximum atomic E-state index is 11.9. The minimum Gasteiger partial charge on any atom is -0.465 e. The Morgan fingerprint density at radius 2 is 1.93 bits per heavy atom. The van der Waals surface area contributed by atoms with Crippen LogP contribution in [-0.2, 0) is 0 Å². The van der Waals surface area contributed by atoms with Gasteiger partial charge in [0.05, 0.1) is 34.2 Å². The van der Waals surface area contributed by atoms with Gasteiger partial charge in [0, 0.05) is 35.4 Å². The summed E-state index contributed by atoms with van der Waals surface area (Å²) in [4.78, 5) is 18.3. The number of anilines is 1. The molecule has 11 heteroatoms. The third-order valence-corrected chi connectivity index (χ3v) is 8.37. The van der Waals surface area contributed by atoms with E-state index in [-0.39, 0.29) is 18.0 Å². The molecule has 0 unspecified atom stereocenters. The van der Waals surface area contributed by atoms with Crippen molar-refractivity contribution in [2.75, 3.05) is 5.32 Å². The van der Waals surface area contributed by atoms with Crippen LogP contribution in [-0.4, -0.2) is 58.5 Å². The second-order valence-corrected chi connectivity index (χ2v) is 12.6. The third kappa shape index (κ3) is 5.49. The molecule has 1 fully saturated rings. The van der Waals surface area contributed by atoms with Gasteiger partial charge in [0.2, 0.25) is 0 Å². The Balaban J connectivity index is 1.39. The molecule has 1 aliphatic rings. The molecule has 5 rings (SSSR count). The van der Waals surface area contributed by atoms with Crippen molar-refractivity contribution in [1.82, 2.24) is 29.7 Å². The molecule has 4 heterocycles. The smallest absolute Gasteiger partial charge is 0.407 e. The first-order chi connectivity index (χ1) is 19.0. The van der Waals surface area contributed by atoms with Gasteiger partial charge >= 0.3 is 6.09 Å². The van der Waals surface area contributed by atoms with Gasteiger partial charge in [-0.05, 0) is 84.6 Å². The highest BCUT2D eigenvalue weighted by Gasteiger charge is 2.36. The summed E-state index contributed by atoms with van der Waals surface area (Å²) in [6, 6.07) is 10.0. The summed E-state index contributed by atoms with van der Waals surface area (Å²) in [5.74, 6) is 0.267.